The Labute approximate surface area is 229 Å². The van der Waals surface area contributed by atoms with Crippen molar-refractivity contribution in [3.05, 3.63) is 90.2 Å². The minimum absolute atomic E-state index is 0.00323. The number of carbonyl (C=O) groups is 2. The number of carbonyl (C=O) groups excluding carboxylic acids is 2. The fourth-order valence-electron chi connectivity index (χ4n) is 3.89. The maximum absolute atomic E-state index is 13.9. The Kier molecular flexibility index (Phi) is 10.1. The molecule has 0 fully saturated rings. The van der Waals surface area contributed by atoms with Gasteiger partial charge in [0.1, 0.15) is 24.2 Å². The average molecular weight is 556 g/mol. The van der Waals surface area contributed by atoms with E-state index in [2.05, 4.69) is 5.32 Å². The van der Waals surface area contributed by atoms with Gasteiger partial charge in [0.25, 0.3) is 10.0 Å². The third-order valence-electron chi connectivity index (χ3n) is 6.08. The zero-order chi connectivity index (χ0) is 28.6. The normalized spacial score (nSPS) is 12.1. The van der Waals surface area contributed by atoms with E-state index in [0.717, 1.165) is 4.31 Å². The van der Waals surface area contributed by atoms with Gasteiger partial charge in [0.2, 0.25) is 11.8 Å². The minimum atomic E-state index is -4.21. The molecule has 3 aromatic rings. The van der Waals surface area contributed by atoms with Crippen molar-refractivity contribution in [2.45, 2.75) is 38.3 Å². The number of benzene rings is 3. The lowest BCUT2D eigenvalue weighted by molar-refractivity contribution is -0.139. The lowest BCUT2D eigenvalue weighted by Gasteiger charge is -2.32. The van der Waals surface area contributed by atoms with Crippen LogP contribution in [-0.2, 0) is 26.2 Å². The molecule has 2 amide bonds. The van der Waals surface area contributed by atoms with E-state index in [1.807, 2.05) is 13.8 Å². The standard InChI is InChI=1S/C29H34FN3O5S/c1-21(2)18-31-29(35)22(3)32(19-23-14-16-24(30)17-15-23)28(34)20-33(26-12-8-9-13-27(26)38-4)39(36,37)25-10-6-5-7-11-25/h5-17,21-22H,18-20H2,1-4H3,(H,31,35). The van der Waals surface area contributed by atoms with Crippen molar-refractivity contribution in [3.8, 4) is 5.75 Å². The van der Waals surface area contributed by atoms with Crippen LogP contribution in [0.5, 0.6) is 5.75 Å². The van der Waals surface area contributed by atoms with Crippen molar-refractivity contribution in [1.29, 1.82) is 0 Å². The quantitative estimate of drug-likeness (QED) is 0.361. The summed E-state index contributed by atoms with van der Waals surface area (Å²) in [5, 5.41) is 2.83. The van der Waals surface area contributed by atoms with Gasteiger partial charge in [-0.15, -0.1) is 0 Å². The molecule has 0 aliphatic heterocycles. The number of methoxy groups -OCH3 is 1. The number of para-hydroxylation sites is 2. The van der Waals surface area contributed by atoms with Crippen LogP contribution in [-0.4, -0.2) is 51.4 Å². The second-order valence-electron chi connectivity index (χ2n) is 9.46. The second kappa shape index (κ2) is 13.2. The number of nitrogens with zero attached hydrogens (tertiary/aromatic N) is 2. The van der Waals surface area contributed by atoms with Crippen LogP contribution in [0, 0.1) is 11.7 Å². The Morgan fingerprint density at radius 2 is 1.54 bits per heavy atom. The molecule has 0 saturated carbocycles. The highest BCUT2D eigenvalue weighted by Crippen LogP contribution is 2.32. The fourth-order valence-corrected chi connectivity index (χ4v) is 5.34. The topological polar surface area (TPSA) is 96.0 Å². The first-order chi connectivity index (χ1) is 18.5. The Morgan fingerprint density at radius 1 is 0.923 bits per heavy atom. The fraction of sp³-hybridized carbons (Fsp3) is 0.310. The van der Waals surface area contributed by atoms with Crippen molar-refractivity contribution in [2.75, 3.05) is 24.5 Å². The highest BCUT2D eigenvalue weighted by Gasteiger charge is 2.33. The maximum atomic E-state index is 13.9. The minimum Gasteiger partial charge on any atom is -0.495 e. The number of nitrogens with one attached hydrogen (secondary N) is 1. The molecule has 208 valence electrons. The van der Waals surface area contributed by atoms with E-state index in [0.29, 0.717) is 12.1 Å². The van der Waals surface area contributed by atoms with Crippen LogP contribution >= 0.6 is 0 Å². The van der Waals surface area contributed by atoms with Gasteiger partial charge in [0.15, 0.2) is 0 Å². The third-order valence-corrected chi connectivity index (χ3v) is 7.86. The molecule has 8 nitrogen and oxygen atoms in total. The van der Waals surface area contributed by atoms with E-state index in [9.17, 15) is 22.4 Å². The molecule has 0 heterocycles. The predicted molar refractivity (Wildman–Crippen MR) is 148 cm³/mol. The molecule has 1 N–H and O–H groups in total. The first-order valence-corrected chi connectivity index (χ1v) is 14.0. The van der Waals surface area contributed by atoms with E-state index in [4.69, 9.17) is 4.74 Å². The highest BCUT2D eigenvalue weighted by atomic mass is 32.2. The van der Waals surface area contributed by atoms with Crippen LogP contribution in [0.1, 0.15) is 26.3 Å². The monoisotopic (exact) mass is 555 g/mol. The predicted octanol–water partition coefficient (Wildman–Crippen LogP) is 4.22. The van der Waals surface area contributed by atoms with E-state index in [1.165, 1.54) is 48.4 Å². The Hall–Kier alpha value is -3.92. The van der Waals surface area contributed by atoms with Gasteiger partial charge in [0, 0.05) is 13.1 Å². The number of halogens is 1. The number of rotatable bonds is 12. The summed E-state index contributed by atoms with van der Waals surface area (Å²) < 4.78 is 47.6. The molecule has 1 unspecified atom stereocenters. The van der Waals surface area contributed by atoms with Crippen LogP contribution in [0.15, 0.2) is 83.8 Å². The maximum Gasteiger partial charge on any atom is 0.264 e. The van der Waals surface area contributed by atoms with E-state index < -0.39 is 34.3 Å². The summed E-state index contributed by atoms with van der Waals surface area (Å²) in [6.45, 7) is 5.27. The van der Waals surface area contributed by atoms with Crippen LogP contribution in [0.4, 0.5) is 10.1 Å². The summed E-state index contributed by atoms with van der Waals surface area (Å²) in [4.78, 5) is 28.2. The summed E-state index contributed by atoms with van der Waals surface area (Å²) in [6, 6.07) is 18.9. The molecule has 10 heteroatoms. The average Bonchev–Trinajstić information content (AvgIpc) is 2.94. The summed E-state index contributed by atoms with van der Waals surface area (Å²) in [5.41, 5.74) is 0.763. The summed E-state index contributed by atoms with van der Waals surface area (Å²) in [6.07, 6.45) is 0. The van der Waals surface area contributed by atoms with E-state index in [-0.39, 0.29) is 34.7 Å². The second-order valence-corrected chi connectivity index (χ2v) is 11.3. The van der Waals surface area contributed by atoms with Gasteiger partial charge in [-0.1, -0.05) is 56.3 Å². The molecule has 0 radical (unpaired) electrons. The number of amides is 2. The molecule has 0 aromatic heterocycles. The number of hydrogen-bond acceptors (Lipinski definition) is 5. The van der Waals surface area contributed by atoms with Gasteiger partial charge in [-0.05, 0) is 54.8 Å². The van der Waals surface area contributed by atoms with Gasteiger partial charge in [-0.3, -0.25) is 13.9 Å². The van der Waals surface area contributed by atoms with Gasteiger partial charge in [-0.2, -0.15) is 0 Å². The van der Waals surface area contributed by atoms with Crippen LogP contribution in [0.3, 0.4) is 0 Å². The van der Waals surface area contributed by atoms with Crippen molar-refractivity contribution in [1.82, 2.24) is 10.2 Å². The van der Waals surface area contributed by atoms with Crippen molar-refractivity contribution in [3.63, 3.8) is 0 Å². The number of anilines is 1. The molecule has 3 aromatic carbocycles. The van der Waals surface area contributed by atoms with E-state index >= 15 is 0 Å². The lowest BCUT2D eigenvalue weighted by atomic mass is 10.1. The van der Waals surface area contributed by atoms with Crippen molar-refractivity contribution >= 4 is 27.5 Å². The summed E-state index contributed by atoms with van der Waals surface area (Å²) >= 11 is 0. The molecule has 0 saturated heterocycles. The highest BCUT2D eigenvalue weighted by molar-refractivity contribution is 7.92. The number of ether oxygens (including phenoxy) is 1. The van der Waals surface area contributed by atoms with Gasteiger partial charge in [-0.25, -0.2) is 12.8 Å². The van der Waals surface area contributed by atoms with Gasteiger partial charge in [0.05, 0.1) is 17.7 Å². The zero-order valence-electron chi connectivity index (χ0n) is 22.5. The Morgan fingerprint density at radius 3 is 2.15 bits per heavy atom. The lowest BCUT2D eigenvalue weighted by Crippen LogP contribution is -2.51. The van der Waals surface area contributed by atoms with E-state index in [1.54, 1.807) is 49.4 Å². The number of hydrogen-bond donors (Lipinski definition) is 1. The molecule has 3 rings (SSSR count). The third kappa shape index (κ3) is 7.57. The van der Waals surface area contributed by atoms with Crippen molar-refractivity contribution < 1.29 is 27.1 Å². The van der Waals surface area contributed by atoms with Crippen LogP contribution in [0.2, 0.25) is 0 Å². The van der Waals surface area contributed by atoms with Gasteiger partial charge < -0.3 is 15.0 Å². The SMILES string of the molecule is COc1ccccc1N(CC(=O)N(Cc1ccc(F)cc1)C(C)C(=O)NCC(C)C)S(=O)(=O)c1ccccc1. The summed E-state index contributed by atoms with van der Waals surface area (Å²) in [7, 11) is -2.79. The molecule has 1 atom stereocenters. The molecular formula is C29H34FN3O5S. The molecule has 0 bridgehead atoms. The molecular weight excluding hydrogens is 521 g/mol. The Bertz CT molecular complexity index is 1370. The molecule has 39 heavy (non-hydrogen) atoms. The smallest absolute Gasteiger partial charge is 0.264 e. The van der Waals surface area contributed by atoms with Crippen LogP contribution in [0.25, 0.3) is 0 Å². The van der Waals surface area contributed by atoms with Crippen molar-refractivity contribution in [2.24, 2.45) is 5.92 Å². The summed E-state index contributed by atoms with van der Waals surface area (Å²) in [5.74, 6) is -0.974. The number of sulfonamides is 1. The van der Waals surface area contributed by atoms with Gasteiger partial charge >= 0.3 is 0 Å². The van der Waals surface area contributed by atoms with Crippen LogP contribution < -0.4 is 14.4 Å². The largest absolute Gasteiger partial charge is 0.495 e. The Balaban J connectivity index is 2.03. The first kappa shape index (κ1) is 29.6. The molecule has 0 spiro atoms. The molecule has 0 aliphatic rings. The first-order valence-electron chi connectivity index (χ1n) is 12.6. The molecule has 0 aliphatic carbocycles. The zero-order valence-corrected chi connectivity index (χ0v) is 23.3.